The highest BCUT2D eigenvalue weighted by molar-refractivity contribution is 6.17. The monoisotopic (exact) mass is 309 g/mol. The van der Waals surface area contributed by atoms with Crippen LogP contribution in [0, 0.1) is 0 Å². The Morgan fingerprint density at radius 1 is 1.30 bits per heavy atom. The second kappa shape index (κ2) is 7.18. The molecule has 0 aromatic heterocycles. The average molecular weight is 310 g/mol. The van der Waals surface area contributed by atoms with Crippen molar-refractivity contribution in [2.24, 2.45) is 0 Å². The van der Waals surface area contributed by atoms with Crippen molar-refractivity contribution in [3.63, 3.8) is 0 Å². The lowest BCUT2D eigenvalue weighted by Gasteiger charge is -2.24. The second-order valence-corrected chi connectivity index (χ2v) is 5.09. The Labute approximate surface area is 122 Å². The third-order valence-corrected chi connectivity index (χ3v) is 3.12. The standard InChI is InChI=1S/C14H19ClF3NO/c1-10(2)20-7-6-19(3)13-5-4-11(9-15)8-12(13)14(16,17)18/h4-5,8,10H,6-7,9H2,1-3H3. The Morgan fingerprint density at radius 2 is 1.95 bits per heavy atom. The normalized spacial score (nSPS) is 12.0. The van der Waals surface area contributed by atoms with Crippen LogP contribution in [0.4, 0.5) is 18.9 Å². The molecule has 20 heavy (non-hydrogen) atoms. The zero-order valence-electron chi connectivity index (χ0n) is 11.8. The average Bonchev–Trinajstić information content (AvgIpc) is 2.36. The third-order valence-electron chi connectivity index (χ3n) is 2.81. The van der Waals surface area contributed by atoms with Crippen molar-refractivity contribution in [1.29, 1.82) is 0 Å². The molecule has 1 aromatic carbocycles. The molecule has 2 nitrogen and oxygen atoms in total. The largest absolute Gasteiger partial charge is 0.418 e. The first kappa shape index (κ1) is 17.1. The lowest BCUT2D eigenvalue weighted by molar-refractivity contribution is -0.137. The van der Waals surface area contributed by atoms with Crippen LogP contribution < -0.4 is 4.90 Å². The van der Waals surface area contributed by atoms with E-state index < -0.39 is 11.7 Å². The Kier molecular flexibility index (Phi) is 6.14. The van der Waals surface area contributed by atoms with E-state index in [1.54, 1.807) is 18.0 Å². The van der Waals surface area contributed by atoms with Crippen molar-refractivity contribution >= 4 is 17.3 Å². The van der Waals surface area contributed by atoms with E-state index in [1.807, 2.05) is 13.8 Å². The summed E-state index contributed by atoms with van der Waals surface area (Å²) >= 11 is 5.60. The maximum absolute atomic E-state index is 13.1. The van der Waals surface area contributed by atoms with Crippen molar-refractivity contribution in [2.45, 2.75) is 32.0 Å². The summed E-state index contributed by atoms with van der Waals surface area (Å²) in [6.45, 7) is 4.54. The Hall–Kier alpha value is -0.940. The van der Waals surface area contributed by atoms with Gasteiger partial charge in [0.25, 0.3) is 0 Å². The van der Waals surface area contributed by atoms with Gasteiger partial charge in [-0.15, -0.1) is 11.6 Å². The van der Waals surface area contributed by atoms with Crippen LogP contribution in [0.25, 0.3) is 0 Å². The van der Waals surface area contributed by atoms with Crippen LogP contribution in [0.1, 0.15) is 25.0 Å². The quantitative estimate of drug-likeness (QED) is 0.726. The fraction of sp³-hybridized carbons (Fsp3) is 0.571. The van der Waals surface area contributed by atoms with Gasteiger partial charge in [-0.2, -0.15) is 13.2 Å². The summed E-state index contributed by atoms with van der Waals surface area (Å²) in [6, 6.07) is 4.16. The Morgan fingerprint density at radius 3 is 2.45 bits per heavy atom. The molecule has 0 atom stereocenters. The van der Waals surface area contributed by atoms with Crippen LogP contribution in [0.2, 0.25) is 0 Å². The number of anilines is 1. The van der Waals surface area contributed by atoms with Gasteiger partial charge in [0.1, 0.15) is 0 Å². The molecule has 0 fully saturated rings. The highest BCUT2D eigenvalue weighted by atomic mass is 35.5. The molecule has 0 saturated heterocycles. The van der Waals surface area contributed by atoms with Crippen LogP contribution in [-0.4, -0.2) is 26.3 Å². The second-order valence-electron chi connectivity index (χ2n) is 4.82. The number of alkyl halides is 4. The van der Waals surface area contributed by atoms with E-state index in [1.165, 1.54) is 6.07 Å². The summed E-state index contributed by atoms with van der Waals surface area (Å²) in [5.41, 5.74) is -0.0732. The van der Waals surface area contributed by atoms with Crippen molar-refractivity contribution < 1.29 is 17.9 Å². The maximum Gasteiger partial charge on any atom is 0.418 e. The van der Waals surface area contributed by atoms with E-state index in [0.29, 0.717) is 18.7 Å². The summed E-state index contributed by atoms with van der Waals surface area (Å²) in [5, 5.41) is 0. The first-order valence-electron chi connectivity index (χ1n) is 6.34. The maximum atomic E-state index is 13.1. The number of nitrogens with zero attached hydrogens (tertiary/aromatic N) is 1. The molecule has 0 aliphatic carbocycles. The van der Waals surface area contributed by atoms with Gasteiger partial charge in [-0.25, -0.2) is 0 Å². The predicted molar refractivity (Wildman–Crippen MR) is 75.4 cm³/mol. The molecule has 0 unspecified atom stereocenters. The number of rotatable bonds is 6. The Bertz CT molecular complexity index is 435. The van der Waals surface area contributed by atoms with Crippen LogP contribution in [0.5, 0.6) is 0 Å². The molecular formula is C14H19ClF3NO. The van der Waals surface area contributed by atoms with Crippen molar-refractivity contribution in [1.82, 2.24) is 0 Å². The Balaban J connectivity index is 2.92. The van der Waals surface area contributed by atoms with Gasteiger partial charge >= 0.3 is 6.18 Å². The fourth-order valence-electron chi connectivity index (χ4n) is 1.77. The van der Waals surface area contributed by atoms with E-state index in [9.17, 15) is 13.2 Å². The molecule has 0 amide bonds. The molecule has 1 aromatic rings. The van der Waals surface area contributed by atoms with Crippen LogP contribution in [0.15, 0.2) is 18.2 Å². The third kappa shape index (κ3) is 4.87. The molecule has 0 aliphatic heterocycles. The SMILES string of the molecule is CC(C)OCCN(C)c1ccc(CCl)cc1C(F)(F)F. The molecule has 0 saturated carbocycles. The summed E-state index contributed by atoms with van der Waals surface area (Å²) in [4.78, 5) is 1.54. The molecule has 0 bridgehead atoms. The highest BCUT2D eigenvalue weighted by Crippen LogP contribution is 2.37. The molecule has 0 heterocycles. The van der Waals surface area contributed by atoms with Gasteiger partial charge in [0.15, 0.2) is 0 Å². The number of hydrogen-bond acceptors (Lipinski definition) is 2. The minimum atomic E-state index is -4.40. The van der Waals surface area contributed by atoms with Gasteiger partial charge < -0.3 is 9.64 Å². The van der Waals surface area contributed by atoms with E-state index in [0.717, 1.165) is 6.07 Å². The first-order chi connectivity index (χ1) is 9.25. The first-order valence-corrected chi connectivity index (χ1v) is 6.88. The minimum Gasteiger partial charge on any atom is -0.377 e. The lowest BCUT2D eigenvalue weighted by Crippen LogP contribution is -2.26. The van der Waals surface area contributed by atoms with Crippen molar-refractivity contribution in [3.8, 4) is 0 Å². The predicted octanol–water partition coefficient (Wildman–Crippen LogP) is 4.31. The van der Waals surface area contributed by atoms with Crippen LogP contribution in [0.3, 0.4) is 0 Å². The highest BCUT2D eigenvalue weighted by Gasteiger charge is 2.34. The smallest absolute Gasteiger partial charge is 0.377 e. The molecule has 0 aliphatic rings. The van der Waals surface area contributed by atoms with Gasteiger partial charge in [-0.1, -0.05) is 6.07 Å². The lowest BCUT2D eigenvalue weighted by atomic mass is 10.1. The summed E-state index contributed by atoms with van der Waals surface area (Å²) < 4.78 is 44.6. The number of likely N-dealkylation sites (N-methyl/N-ethyl adjacent to an activating group) is 1. The molecule has 0 N–H and O–H groups in total. The van der Waals surface area contributed by atoms with Gasteiger partial charge in [-0.3, -0.25) is 0 Å². The van der Waals surface area contributed by atoms with Gasteiger partial charge in [0.2, 0.25) is 0 Å². The summed E-state index contributed by atoms with van der Waals surface area (Å²) in [6.07, 6.45) is -4.34. The van der Waals surface area contributed by atoms with Crippen LogP contribution in [-0.2, 0) is 16.8 Å². The van der Waals surface area contributed by atoms with Gasteiger partial charge in [-0.05, 0) is 31.5 Å². The topological polar surface area (TPSA) is 12.5 Å². The number of halogens is 4. The van der Waals surface area contributed by atoms with Crippen molar-refractivity contribution in [2.75, 3.05) is 25.1 Å². The summed E-state index contributed by atoms with van der Waals surface area (Å²) in [7, 11) is 1.62. The molecule has 1 rings (SSSR count). The number of benzene rings is 1. The van der Waals surface area contributed by atoms with Crippen molar-refractivity contribution in [3.05, 3.63) is 29.3 Å². The van der Waals surface area contributed by atoms with Gasteiger partial charge in [0.05, 0.1) is 18.3 Å². The van der Waals surface area contributed by atoms with E-state index in [-0.39, 0.29) is 17.7 Å². The number of hydrogen-bond donors (Lipinski definition) is 0. The summed E-state index contributed by atoms with van der Waals surface area (Å²) in [5.74, 6) is 0.0591. The van der Waals surface area contributed by atoms with E-state index in [2.05, 4.69) is 0 Å². The molecule has 6 heteroatoms. The van der Waals surface area contributed by atoms with E-state index in [4.69, 9.17) is 16.3 Å². The zero-order valence-corrected chi connectivity index (χ0v) is 12.6. The molecular weight excluding hydrogens is 291 g/mol. The minimum absolute atomic E-state index is 0.0591. The van der Waals surface area contributed by atoms with E-state index >= 15 is 0 Å². The molecule has 0 spiro atoms. The fourth-order valence-corrected chi connectivity index (χ4v) is 1.94. The zero-order chi connectivity index (χ0) is 15.3. The molecule has 114 valence electrons. The van der Waals surface area contributed by atoms with Crippen LogP contribution >= 0.6 is 11.6 Å². The number of ether oxygens (including phenoxy) is 1. The van der Waals surface area contributed by atoms with Gasteiger partial charge in [0, 0.05) is 25.2 Å². The molecule has 0 radical (unpaired) electrons.